The molecule has 3 N–H and O–H groups in total. The highest BCUT2D eigenvalue weighted by atomic mass is 16.2. The molecule has 106 valence electrons. The van der Waals surface area contributed by atoms with Crippen LogP contribution in [0, 0.1) is 6.92 Å². The Morgan fingerprint density at radius 1 is 1.00 bits per heavy atom. The fraction of sp³-hybridized carbons (Fsp3) is 0.0588. The van der Waals surface area contributed by atoms with Gasteiger partial charge in [0.15, 0.2) is 0 Å². The topological polar surface area (TPSA) is 72.2 Å². The number of carbonyl (C=O) groups excluding carboxylic acids is 2. The van der Waals surface area contributed by atoms with Gasteiger partial charge in [0.1, 0.15) is 5.70 Å². The Bertz CT molecular complexity index is 674. The highest BCUT2D eigenvalue weighted by Crippen LogP contribution is 2.07. The molecule has 0 bridgehead atoms. The molecular formula is C17H16N2O2. The predicted octanol–water partition coefficient (Wildman–Crippen LogP) is 2.25. The van der Waals surface area contributed by atoms with Gasteiger partial charge in [0.25, 0.3) is 11.8 Å². The van der Waals surface area contributed by atoms with E-state index in [1.165, 1.54) is 0 Å². The summed E-state index contributed by atoms with van der Waals surface area (Å²) in [5, 5.41) is 2.55. The minimum Gasteiger partial charge on any atom is -0.364 e. The molecule has 0 aliphatic carbocycles. The molecule has 0 aromatic heterocycles. The van der Waals surface area contributed by atoms with Crippen LogP contribution in [0.15, 0.2) is 60.3 Å². The molecule has 0 fully saturated rings. The number of hydrogen-bond acceptors (Lipinski definition) is 2. The maximum Gasteiger partial charge on any atom is 0.265 e. The van der Waals surface area contributed by atoms with Crippen LogP contribution >= 0.6 is 0 Å². The van der Waals surface area contributed by atoms with Gasteiger partial charge in [-0.3, -0.25) is 9.59 Å². The third-order valence-electron chi connectivity index (χ3n) is 2.94. The summed E-state index contributed by atoms with van der Waals surface area (Å²) in [5.74, 6) is -1.05. The second kappa shape index (κ2) is 6.52. The van der Waals surface area contributed by atoms with Crippen molar-refractivity contribution in [3.8, 4) is 0 Å². The number of benzene rings is 2. The number of primary amides is 1. The number of amides is 2. The first-order valence-electron chi connectivity index (χ1n) is 6.51. The summed E-state index contributed by atoms with van der Waals surface area (Å²) in [6.45, 7) is 1.94. The molecule has 2 aromatic rings. The molecule has 2 aromatic carbocycles. The lowest BCUT2D eigenvalue weighted by Crippen LogP contribution is -2.31. The van der Waals surface area contributed by atoms with Crippen molar-refractivity contribution >= 4 is 17.9 Å². The molecule has 0 aliphatic heterocycles. The first-order chi connectivity index (χ1) is 10.1. The molecule has 0 saturated carbocycles. The molecule has 0 unspecified atom stereocenters. The van der Waals surface area contributed by atoms with E-state index in [0.717, 1.165) is 11.1 Å². The van der Waals surface area contributed by atoms with Crippen molar-refractivity contribution in [3.05, 3.63) is 77.0 Å². The van der Waals surface area contributed by atoms with Crippen molar-refractivity contribution in [2.45, 2.75) is 6.92 Å². The van der Waals surface area contributed by atoms with Crippen LogP contribution in [-0.2, 0) is 4.79 Å². The van der Waals surface area contributed by atoms with Crippen LogP contribution in [0.2, 0.25) is 0 Å². The van der Waals surface area contributed by atoms with E-state index in [0.29, 0.717) is 5.56 Å². The number of aryl methyl sites for hydroxylation is 1. The fourth-order valence-corrected chi connectivity index (χ4v) is 1.78. The predicted molar refractivity (Wildman–Crippen MR) is 82.3 cm³/mol. The van der Waals surface area contributed by atoms with Gasteiger partial charge in [-0.25, -0.2) is 0 Å². The molecule has 0 aliphatic rings. The van der Waals surface area contributed by atoms with Crippen molar-refractivity contribution < 1.29 is 9.59 Å². The molecule has 0 saturated heterocycles. The summed E-state index contributed by atoms with van der Waals surface area (Å²) >= 11 is 0. The number of rotatable bonds is 4. The Morgan fingerprint density at radius 2 is 1.62 bits per heavy atom. The molecule has 4 heteroatoms. The van der Waals surface area contributed by atoms with Crippen LogP contribution in [0.5, 0.6) is 0 Å². The first-order valence-corrected chi connectivity index (χ1v) is 6.51. The van der Waals surface area contributed by atoms with Gasteiger partial charge in [-0.05, 0) is 30.7 Å². The molecule has 2 rings (SSSR count). The first kappa shape index (κ1) is 14.5. The largest absolute Gasteiger partial charge is 0.364 e. The van der Waals surface area contributed by atoms with Crippen molar-refractivity contribution in [2.24, 2.45) is 5.73 Å². The van der Waals surface area contributed by atoms with E-state index >= 15 is 0 Å². The van der Waals surface area contributed by atoms with Crippen molar-refractivity contribution in [3.63, 3.8) is 0 Å². The molecule has 0 heterocycles. The molecule has 0 radical (unpaired) electrons. The highest BCUT2D eigenvalue weighted by Gasteiger charge is 2.11. The van der Waals surface area contributed by atoms with E-state index < -0.39 is 5.91 Å². The van der Waals surface area contributed by atoms with E-state index in [4.69, 9.17) is 5.73 Å². The lowest BCUT2D eigenvalue weighted by molar-refractivity contribution is -0.114. The van der Waals surface area contributed by atoms with Crippen LogP contribution in [-0.4, -0.2) is 11.8 Å². The molecule has 2 amide bonds. The number of nitrogens with two attached hydrogens (primary N) is 1. The minimum absolute atomic E-state index is 0.0618. The highest BCUT2D eigenvalue weighted by molar-refractivity contribution is 6.04. The average molecular weight is 280 g/mol. The normalized spacial score (nSPS) is 11.0. The van der Waals surface area contributed by atoms with E-state index in [2.05, 4.69) is 5.32 Å². The van der Waals surface area contributed by atoms with Gasteiger partial charge in [-0.1, -0.05) is 48.0 Å². The second-order valence-corrected chi connectivity index (χ2v) is 4.65. The SMILES string of the molecule is Cc1ccc(C(=O)NC(=Cc2ccccc2)C(N)=O)cc1. The summed E-state index contributed by atoms with van der Waals surface area (Å²) < 4.78 is 0. The van der Waals surface area contributed by atoms with Gasteiger partial charge in [-0.2, -0.15) is 0 Å². The van der Waals surface area contributed by atoms with E-state index in [-0.39, 0.29) is 11.6 Å². The van der Waals surface area contributed by atoms with Crippen LogP contribution in [0.3, 0.4) is 0 Å². The van der Waals surface area contributed by atoms with Crippen LogP contribution in [0.1, 0.15) is 21.5 Å². The monoisotopic (exact) mass is 280 g/mol. The quantitative estimate of drug-likeness (QED) is 0.843. The molecular weight excluding hydrogens is 264 g/mol. The van der Waals surface area contributed by atoms with Gasteiger partial charge in [0.2, 0.25) is 0 Å². The van der Waals surface area contributed by atoms with E-state index in [9.17, 15) is 9.59 Å². The summed E-state index contributed by atoms with van der Waals surface area (Å²) in [6.07, 6.45) is 1.55. The Kier molecular flexibility index (Phi) is 4.51. The number of nitrogens with one attached hydrogen (secondary N) is 1. The van der Waals surface area contributed by atoms with E-state index in [1.807, 2.05) is 49.4 Å². The summed E-state index contributed by atoms with van der Waals surface area (Å²) in [7, 11) is 0. The summed E-state index contributed by atoms with van der Waals surface area (Å²) in [4.78, 5) is 23.6. The summed E-state index contributed by atoms with van der Waals surface area (Å²) in [6, 6.07) is 16.3. The second-order valence-electron chi connectivity index (χ2n) is 4.65. The zero-order valence-electron chi connectivity index (χ0n) is 11.7. The Morgan fingerprint density at radius 3 is 2.19 bits per heavy atom. The van der Waals surface area contributed by atoms with Crippen LogP contribution < -0.4 is 11.1 Å². The number of carbonyl (C=O) groups is 2. The molecule has 4 nitrogen and oxygen atoms in total. The van der Waals surface area contributed by atoms with Gasteiger partial charge < -0.3 is 11.1 Å². The zero-order chi connectivity index (χ0) is 15.2. The van der Waals surface area contributed by atoms with Gasteiger partial charge in [0, 0.05) is 5.56 Å². The van der Waals surface area contributed by atoms with E-state index in [1.54, 1.807) is 18.2 Å². The Labute approximate surface area is 123 Å². The van der Waals surface area contributed by atoms with Crippen molar-refractivity contribution in [1.82, 2.24) is 5.32 Å². The van der Waals surface area contributed by atoms with Crippen molar-refractivity contribution in [2.75, 3.05) is 0 Å². The molecule has 0 atom stereocenters. The lowest BCUT2D eigenvalue weighted by atomic mass is 10.1. The fourth-order valence-electron chi connectivity index (χ4n) is 1.78. The molecule has 0 spiro atoms. The third kappa shape index (κ3) is 4.04. The zero-order valence-corrected chi connectivity index (χ0v) is 11.7. The lowest BCUT2D eigenvalue weighted by Gasteiger charge is -2.07. The average Bonchev–Trinajstić information content (AvgIpc) is 2.48. The van der Waals surface area contributed by atoms with Gasteiger partial charge in [0.05, 0.1) is 0 Å². The van der Waals surface area contributed by atoms with Gasteiger partial charge >= 0.3 is 0 Å². The minimum atomic E-state index is -0.681. The van der Waals surface area contributed by atoms with Crippen LogP contribution in [0.25, 0.3) is 6.08 Å². The van der Waals surface area contributed by atoms with Gasteiger partial charge in [-0.15, -0.1) is 0 Å². The summed E-state index contributed by atoms with van der Waals surface area (Å²) in [5.41, 5.74) is 7.69. The standard InChI is InChI=1S/C17H16N2O2/c1-12-7-9-14(10-8-12)17(21)19-15(16(18)20)11-13-5-3-2-4-6-13/h2-11H,1H3,(H2,18,20)(H,19,21). The maximum absolute atomic E-state index is 12.1. The van der Waals surface area contributed by atoms with Crippen LogP contribution in [0.4, 0.5) is 0 Å². The maximum atomic E-state index is 12.1. The van der Waals surface area contributed by atoms with Crippen molar-refractivity contribution in [1.29, 1.82) is 0 Å². The Hall–Kier alpha value is -2.88. The third-order valence-corrected chi connectivity index (χ3v) is 2.94. The molecule has 21 heavy (non-hydrogen) atoms. The smallest absolute Gasteiger partial charge is 0.265 e. The number of hydrogen-bond donors (Lipinski definition) is 2. The Balaban J connectivity index is 2.21.